The molecule has 0 aromatic heterocycles. The number of benzene rings is 2. The number of ether oxygens (including phenoxy) is 1. The molecule has 0 heterocycles. The molecule has 138 valence electrons. The lowest BCUT2D eigenvalue weighted by molar-refractivity contribution is -0.115. The predicted octanol–water partition coefficient (Wildman–Crippen LogP) is 2.18. The third-order valence-electron chi connectivity index (χ3n) is 3.32. The minimum absolute atomic E-state index is 0.180. The first kappa shape index (κ1) is 19.7. The van der Waals surface area contributed by atoms with Crippen molar-refractivity contribution < 1.29 is 14.3 Å². The molecule has 0 unspecified atom stereocenters. The quantitative estimate of drug-likeness (QED) is 0.462. The molecular weight excluding hydrogens is 366 g/mol. The van der Waals surface area contributed by atoms with E-state index in [2.05, 4.69) is 21.5 Å². The molecule has 2 amide bonds. The Morgan fingerprint density at radius 1 is 1.07 bits per heavy atom. The number of amides is 2. The lowest BCUT2D eigenvalue weighted by Gasteiger charge is -2.14. The molecule has 0 fully saturated rings. The first-order chi connectivity index (χ1) is 13.0. The van der Waals surface area contributed by atoms with Crippen LogP contribution in [0.25, 0.3) is 0 Å². The number of para-hydroxylation sites is 1. The average molecular weight is 383 g/mol. The Kier molecular flexibility index (Phi) is 7.10. The van der Waals surface area contributed by atoms with Gasteiger partial charge < -0.3 is 15.4 Å². The maximum Gasteiger partial charge on any atom is 0.271 e. The highest BCUT2D eigenvalue weighted by molar-refractivity contribution is 7.80. The number of hydrazine groups is 1. The van der Waals surface area contributed by atoms with Gasteiger partial charge in [0.2, 0.25) is 5.91 Å². The van der Waals surface area contributed by atoms with Crippen molar-refractivity contribution in [3.05, 3.63) is 54.1 Å². The summed E-state index contributed by atoms with van der Waals surface area (Å²) in [7, 11) is 1.57. The zero-order valence-electron chi connectivity index (χ0n) is 14.4. The van der Waals surface area contributed by atoms with E-state index in [0.29, 0.717) is 17.1 Å². The highest BCUT2D eigenvalue weighted by atomic mass is 32.1. The first-order valence-electron chi connectivity index (χ1n) is 7.80. The summed E-state index contributed by atoms with van der Waals surface area (Å²) in [6.45, 7) is 0. The topological polar surface area (TPSA) is 115 Å². The maximum absolute atomic E-state index is 12.4. The van der Waals surface area contributed by atoms with Crippen molar-refractivity contribution in [2.45, 2.75) is 6.42 Å². The van der Waals surface area contributed by atoms with Crippen LogP contribution in [0.2, 0.25) is 0 Å². The fourth-order valence-corrected chi connectivity index (χ4v) is 2.24. The number of nitrogens with one attached hydrogen (secondary N) is 4. The summed E-state index contributed by atoms with van der Waals surface area (Å²) in [5, 5.41) is 14.2. The van der Waals surface area contributed by atoms with Crippen LogP contribution in [0.4, 0.5) is 11.4 Å². The second-order valence-corrected chi connectivity index (χ2v) is 5.60. The molecule has 0 spiro atoms. The normalized spacial score (nSPS) is 9.48. The summed E-state index contributed by atoms with van der Waals surface area (Å²) in [4.78, 5) is 23.9. The van der Waals surface area contributed by atoms with Crippen LogP contribution < -0.4 is 26.2 Å². The molecule has 0 bridgehead atoms. The Morgan fingerprint density at radius 3 is 2.44 bits per heavy atom. The summed E-state index contributed by atoms with van der Waals surface area (Å²) < 4.78 is 5.08. The van der Waals surface area contributed by atoms with Gasteiger partial charge in [-0.1, -0.05) is 12.1 Å². The molecule has 4 N–H and O–H groups in total. The number of nitrogens with zero attached hydrogens (tertiary/aromatic N) is 1. The average Bonchev–Trinajstić information content (AvgIpc) is 2.67. The molecule has 2 rings (SSSR count). The molecule has 9 heteroatoms. The van der Waals surface area contributed by atoms with Gasteiger partial charge in [-0.15, -0.1) is 0 Å². The standard InChI is InChI=1S/C18H17N5O3S/c1-26-13-8-6-12(7-9-13)20-18(27)23-22-17(25)14-4-2-3-5-15(14)21-16(24)10-11-19/h2-9H,10H2,1H3,(H,21,24)(H,22,25)(H2,20,23,27). The van der Waals surface area contributed by atoms with E-state index in [1.54, 1.807) is 61.7 Å². The third-order valence-corrected chi connectivity index (χ3v) is 3.53. The van der Waals surface area contributed by atoms with Crippen LogP contribution in [-0.4, -0.2) is 24.0 Å². The molecular formula is C18H17N5O3S. The van der Waals surface area contributed by atoms with Gasteiger partial charge in [0, 0.05) is 5.69 Å². The van der Waals surface area contributed by atoms with Crippen LogP contribution in [0, 0.1) is 11.3 Å². The fraction of sp³-hybridized carbons (Fsp3) is 0.111. The Labute approximate surface area is 161 Å². The Balaban J connectivity index is 1.94. The second kappa shape index (κ2) is 9.74. The highest BCUT2D eigenvalue weighted by Gasteiger charge is 2.13. The van der Waals surface area contributed by atoms with Crippen molar-refractivity contribution in [2.24, 2.45) is 0 Å². The molecule has 0 aliphatic heterocycles. The Hall–Kier alpha value is -3.64. The predicted molar refractivity (Wildman–Crippen MR) is 105 cm³/mol. The van der Waals surface area contributed by atoms with Crippen LogP contribution in [0.3, 0.4) is 0 Å². The van der Waals surface area contributed by atoms with Gasteiger partial charge in [0.1, 0.15) is 12.2 Å². The Morgan fingerprint density at radius 2 is 1.78 bits per heavy atom. The van der Waals surface area contributed by atoms with Gasteiger partial charge in [-0.2, -0.15) is 5.26 Å². The van der Waals surface area contributed by atoms with Crippen molar-refractivity contribution in [2.75, 3.05) is 17.7 Å². The van der Waals surface area contributed by atoms with E-state index in [4.69, 9.17) is 22.2 Å². The number of methoxy groups -OCH3 is 1. The number of carbonyl (C=O) groups excluding carboxylic acids is 2. The lowest BCUT2D eigenvalue weighted by Crippen LogP contribution is -2.44. The molecule has 2 aromatic rings. The van der Waals surface area contributed by atoms with E-state index in [0.717, 1.165) is 0 Å². The van der Waals surface area contributed by atoms with Crippen molar-refractivity contribution >= 4 is 40.5 Å². The molecule has 2 aromatic carbocycles. The zero-order chi connectivity index (χ0) is 19.6. The van der Waals surface area contributed by atoms with Crippen molar-refractivity contribution in [1.82, 2.24) is 10.9 Å². The highest BCUT2D eigenvalue weighted by Crippen LogP contribution is 2.16. The van der Waals surface area contributed by atoms with Gasteiger partial charge in [0.15, 0.2) is 5.11 Å². The number of thiocarbonyl (C=S) groups is 1. The number of carbonyl (C=O) groups is 2. The van der Waals surface area contributed by atoms with Crippen molar-refractivity contribution in [1.29, 1.82) is 5.26 Å². The maximum atomic E-state index is 12.4. The van der Waals surface area contributed by atoms with E-state index < -0.39 is 11.8 Å². The molecule has 0 aliphatic carbocycles. The second-order valence-electron chi connectivity index (χ2n) is 5.19. The minimum atomic E-state index is -0.498. The van der Waals surface area contributed by atoms with Gasteiger partial charge in [-0.05, 0) is 48.6 Å². The van der Waals surface area contributed by atoms with Gasteiger partial charge >= 0.3 is 0 Å². The van der Waals surface area contributed by atoms with E-state index in [9.17, 15) is 9.59 Å². The van der Waals surface area contributed by atoms with Crippen LogP contribution in [0.5, 0.6) is 5.75 Å². The van der Waals surface area contributed by atoms with Crippen molar-refractivity contribution in [3.63, 3.8) is 0 Å². The third kappa shape index (κ3) is 5.98. The van der Waals surface area contributed by atoms with Crippen molar-refractivity contribution in [3.8, 4) is 11.8 Å². The molecule has 8 nitrogen and oxygen atoms in total. The van der Waals surface area contributed by atoms with E-state index >= 15 is 0 Å². The number of rotatable bonds is 5. The summed E-state index contributed by atoms with van der Waals surface area (Å²) in [5.41, 5.74) is 6.28. The van der Waals surface area contributed by atoms with Gasteiger partial charge in [0.25, 0.3) is 5.91 Å². The first-order valence-corrected chi connectivity index (χ1v) is 8.21. The summed E-state index contributed by atoms with van der Waals surface area (Å²) in [5.74, 6) is -0.285. The number of hydrogen-bond donors (Lipinski definition) is 4. The van der Waals surface area contributed by atoms with Gasteiger partial charge in [-0.25, -0.2) is 0 Å². The molecule has 0 aliphatic rings. The van der Waals surface area contributed by atoms with Crippen LogP contribution in [-0.2, 0) is 4.79 Å². The van der Waals surface area contributed by atoms with Crippen LogP contribution in [0.1, 0.15) is 16.8 Å². The summed E-state index contributed by atoms with van der Waals surface area (Å²) >= 11 is 5.13. The van der Waals surface area contributed by atoms with Crippen LogP contribution >= 0.6 is 12.2 Å². The molecule has 0 radical (unpaired) electrons. The molecule has 27 heavy (non-hydrogen) atoms. The molecule has 0 saturated carbocycles. The van der Waals surface area contributed by atoms with Gasteiger partial charge in [0.05, 0.1) is 24.4 Å². The van der Waals surface area contributed by atoms with Gasteiger partial charge in [-0.3, -0.25) is 20.4 Å². The van der Waals surface area contributed by atoms with Crippen LogP contribution in [0.15, 0.2) is 48.5 Å². The zero-order valence-corrected chi connectivity index (χ0v) is 15.2. The fourth-order valence-electron chi connectivity index (χ4n) is 2.07. The van der Waals surface area contributed by atoms with E-state index in [1.807, 2.05) is 0 Å². The smallest absolute Gasteiger partial charge is 0.271 e. The molecule has 0 atom stereocenters. The molecule has 0 saturated heterocycles. The minimum Gasteiger partial charge on any atom is -0.497 e. The SMILES string of the molecule is COc1ccc(NC(=S)NNC(=O)c2ccccc2NC(=O)CC#N)cc1. The Bertz CT molecular complexity index is 877. The number of anilines is 2. The summed E-state index contributed by atoms with van der Waals surface area (Å²) in [6.07, 6.45) is -0.302. The lowest BCUT2D eigenvalue weighted by atomic mass is 10.1. The summed E-state index contributed by atoms with van der Waals surface area (Å²) in [6, 6.07) is 15.3. The monoisotopic (exact) mass is 383 g/mol. The largest absolute Gasteiger partial charge is 0.497 e. The van der Waals surface area contributed by atoms with E-state index in [-0.39, 0.29) is 17.1 Å². The number of hydrogen-bond acceptors (Lipinski definition) is 5. The number of nitriles is 1. The van der Waals surface area contributed by atoms with E-state index in [1.165, 1.54) is 0 Å².